The van der Waals surface area contributed by atoms with Crippen LogP contribution < -0.4 is 5.32 Å². The molecule has 5 heteroatoms. The summed E-state index contributed by atoms with van der Waals surface area (Å²) in [5, 5.41) is 12.9. The van der Waals surface area contributed by atoms with Crippen LogP contribution in [0, 0.1) is 0 Å². The first-order valence-corrected chi connectivity index (χ1v) is 7.16. The molecule has 0 spiro atoms. The van der Waals surface area contributed by atoms with Crippen LogP contribution >= 0.6 is 11.3 Å². The average Bonchev–Trinajstić information content (AvgIpc) is 2.97. The van der Waals surface area contributed by atoms with E-state index in [4.69, 9.17) is 5.11 Å². The van der Waals surface area contributed by atoms with Crippen LogP contribution in [0.1, 0.15) is 10.4 Å². The van der Waals surface area contributed by atoms with Gasteiger partial charge in [-0.3, -0.25) is 0 Å². The molecule has 0 unspecified atom stereocenters. The Hall–Kier alpha value is -2.66. The number of hydrogen-bond acceptors (Lipinski definition) is 4. The van der Waals surface area contributed by atoms with Crippen LogP contribution in [-0.4, -0.2) is 16.1 Å². The molecule has 2 aromatic carbocycles. The number of nitrogens with zero attached hydrogens (tertiary/aromatic N) is 1. The number of aromatic carboxylic acids is 1. The van der Waals surface area contributed by atoms with E-state index < -0.39 is 5.97 Å². The summed E-state index contributed by atoms with van der Waals surface area (Å²) in [6, 6.07) is 16.6. The predicted molar refractivity (Wildman–Crippen MR) is 84.2 cm³/mol. The number of aromatic nitrogens is 1. The topological polar surface area (TPSA) is 62.2 Å². The number of carboxylic acids is 1. The van der Waals surface area contributed by atoms with Crippen LogP contribution in [0.15, 0.2) is 60.8 Å². The lowest BCUT2D eigenvalue weighted by Gasteiger charge is -2.00. The summed E-state index contributed by atoms with van der Waals surface area (Å²) in [5.74, 6) is -0.919. The second-order valence-electron chi connectivity index (χ2n) is 4.40. The van der Waals surface area contributed by atoms with E-state index in [-0.39, 0.29) is 5.56 Å². The van der Waals surface area contributed by atoms with Crippen molar-refractivity contribution in [3.8, 4) is 10.4 Å². The number of thiazole rings is 1. The van der Waals surface area contributed by atoms with E-state index in [0.717, 1.165) is 21.3 Å². The van der Waals surface area contributed by atoms with Crippen molar-refractivity contribution in [1.29, 1.82) is 0 Å². The fraction of sp³-hybridized carbons (Fsp3) is 0. The molecule has 0 aliphatic rings. The highest BCUT2D eigenvalue weighted by atomic mass is 32.1. The van der Waals surface area contributed by atoms with Crippen molar-refractivity contribution in [3.63, 3.8) is 0 Å². The number of para-hydroxylation sites is 1. The van der Waals surface area contributed by atoms with Gasteiger partial charge in [-0.15, -0.1) is 0 Å². The first-order chi connectivity index (χ1) is 10.2. The quantitative estimate of drug-likeness (QED) is 0.755. The van der Waals surface area contributed by atoms with Crippen molar-refractivity contribution in [2.75, 3.05) is 5.32 Å². The van der Waals surface area contributed by atoms with E-state index in [9.17, 15) is 4.79 Å². The monoisotopic (exact) mass is 296 g/mol. The predicted octanol–water partition coefficient (Wildman–Crippen LogP) is 4.25. The minimum atomic E-state index is -0.919. The zero-order valence-electron chi connectivity index (χ0n) is 11.0. The lowest BCUT2D eigenvalue weighted by Crippen LogP contribution is -1.94. The summed E-state index contributed by atoms with van der Waals surface area (Å²) in [5.41, 5.74) is 2.23. The van der Waals surface area contributed by atoms with Crippen LogP contribution in [-0.2, 0) is 0 Å². The van der Waals surface area contributed by atoms with Gasteiger partial charge in [0.1, 0.15) is 0 Å². The molecule has 0 bridgehead atoms. The Morgan fingerprint density at radius 1 is 1.05 bits per heavy atom. The summed E-state index contributed by atoms with van der Waals surface area (Å²) >= 11 is 1.53. The zero-order valence-corrected chi connectivity index (χ0v) is 11.8. The van der Waals surface area contributed by atoms with E-state index in [1.807, 2.05) is 30.3 Å². The molecule has 1 heterocycles. The van der Waals surface area contributed by atoms with Gasteiger partial charge in [-0.2, -0.15) is 0 Å². The third-order valence-electron chi connectivity index (χ3n) is 2.95. The molecule has 0 aliphatic heterocycles. The van der Waals surface area contributed by atoms with Crippen LogP contribution in [0.5, 0.6) is 0 Å². The smallest absolute Gasteiger partial charge is 0.335 e. The Labute approximate surface area is 125 Å². The van der Waals surface area contributed by atoms with Gasteiger partial charge < -0.3 is 10.4 Å². The van der Waals surface area contributed by atoms with E-state index in [1.165, 1.54) is 11.3 Å². The van der Waals surface area contributed by atoms with Gasteiger partial charge in [0.15, 0.2) is 5.13 Å². The van der Waals surface area contributed by atoms with Crippen molar-refractivity contribution in [1.82, 2.24) is 4.98 Å². The lowest BCUT2D eigenvalue weighted by molar-refractivity contribution is 0.0697. The molecule has 1 aromatic heterocycles. The van der Waals surface area contributed by atoms with E-state index in [0.29, 0.717) is 0 Å². The number of nitrogens with one attached hydrogen (secondary N) is 1. The number of carbonyl (C=O) groups is 1. The number of anilines is 2. The standard InChI is InChI=1S/C16H12N2O2S/c19-15(20)12-8-6-11(7-9-12)14-10-17-16(21-14)18-13-4-2-1-3-5-13/h1-10H,(H,17,18)(H,19,20). The fourth-order valence-electron chi connectivity index (χ4n) is 1.89. The molecule has 104 valence electrons. The molecule has 0 aliphatic carbocycles. The van der Waals surface area contributed by atoms with Crippen molar-refractivity contribution in [3.05, 3.63) is 66.4 Å². The molecule has 4 nitrogen and oxygen atoms in total. The third kappa shape index (κ3) is 3.09. The normalized spacial score (nSPS) is 10.3. The maximum absolute atomic E-state index is 10.8. The van der Waals surface area contributed by atoms with Crippen molar-refractivity contribution in [2.24, 2.45) is 0 Å². The molecule has 2 N–H and O–H groups in total. The van der Waals surface area contributed by atoms with Crippen LogP contribution in [0.2, 0.25) is 0 Å². The lowest BCUT2D eigenvalue weighted by atomic mass is 10.1. The molecule has 3 rings (SSSR count). The molecule has 21 heavy (non-hydrogen) atoms. The molecular weight excluding hydrogens is 284 g/mol. The van der Waals surface area contributed by atoms with Gasteiger partial charge >= 0.3 is 5.97 Å². The van der Waals surface area contributed by atoms with E-state index >= 15 is 0 Å². The van der Waals surface area contributed by atoms with Gasteiger partial charge in [-0.25, -0.2) is 9.78 Å². The summed E-state index contributed by atoms with van der Waals surface area (Å²) in [6.45, 7) is 0. The Morgan fingerprint density at radius 3 is 2.43 bits per heavy atom. The maximum atomic E-state index is 10.8. The molecular formula is C16H12N2O2S. The Balaban J connectivity index is 1.80. The van der Waals surface area contributed by atoms with Gasteiger partial charge in [0.2, 0.25) is 0 Å². The highest BCUT2D eigenvalue weighted by Gasteiger charge is 2.07. The highest BCUT2D eigenvalue weighted by Crippen LogP contribution is 2.30. The molecule has 0 saturated carbocycles. The van der Waals surface area contributed by atoms with Crippen LogP contribution in [0.3, 0.4) is 0 Å². The van der Waals surface area contributed by atoms with Gasteiger partial charge in [0.25, 0.3) is 0 Å². The summed E-state index contributed by atoms with van der Waals surface area (Å²) < 4.78 is 0. The summed E-state index contributed by atoms with van der Waals surface area (Å²) in [4.78, 5) is 16.2. The zero-order chi connectivity index (χ0) is 14.7. The minimum Gasteiger partial charge on any atom is -0.478 e. The largest absolute Gasteiger partial charge is 0.478 e. The van der Waals surface area contributed by atoms with Gasteiger partial charge in [-0.1, -0.05) is 41.7 Å². The number of carboxylic acid groups (broad SMARTS) is 1. The molecule has 0 amide bonds. The van der Waals surface area contributed by atoms with Crippen molar-refractivity contribution >= 4 is 28.1 Å². The highest BCUT2D eigenvalue weighted by molar-refractivity contribution is 7.18. The second kappa shape index (κ2) is 5.76. The van der Waals surface area contributed by atoms with Gasteiger partial charge in [0, 0.05) is 11.9 Å². The number of rotatable bonds is 4. The first kappa shape index (κ1) is 13.3. The van der Waals surface area contributed by atoms with Crippen LogP contribution in [0.25, 0.3) is 10.4 Å². The molecule has 0 atom stereocenters. The Bertz CT molecular complexity index is 751. The SMILES string of the molecule is O=C(O)c1ccc(-c2cnc(Nc3ccccc3)s2)cc1. The Kier molecular flexibility index (Phi) is 3.66. The van der Waals surface area contributed by atoms with Crippen molar-refractivity contribution < 1.29 is 9.90 Å². The first-order valence-electron chi connectivity index (χ1n) is 6.34. The second-order valence-corrected chi connectivity index (χ2v) is 5.43. The molecule has 3 aromatic rings. The van der Waals surface area contributed by atoms with E-state index in [2.05, 4.69) is 10.3 Å². The number of hydrogen-bond donors (Lipinski definition) is 2. The Morgan fingerprint density at radius 2 is 1.76 bits per heavy atom. The van der Waals surface area contributed by atoms with E-state index in [1.54, 1.807) is 30.5 Å². The average molecular weight is 296 g/mol. The fourth-order valence-corrected chi connectivity index (χ4v) is 2.73. The summed E-state index contributed by atoms with van der Waals surface area (Å²) in [6.07, 6.45) is 1.78. The van der Waals surface area contributed by atoms with Crippen LogP contribution in [0.4, 0.5) is 10.8 Å². The van der Waals surface area contributed by atoms with Crippen molar-refractivity contribution in [2.45, 2.75) is 0 Å². The molecule has 0 fully saturated rings. The minimum absolute atomic E-state index is 0.283. The summed E-state index contributed by atoms with van der Waals surface area (Å²) in [7, 11) is 0. The number of benzene rings is 2. The maximum Gasteiger partial charge on any atom is 0.335 e. The molecule has 0 saturated heterocycles. The van der Waals surface area contributed by atoms with Gasteiger partial charge in [-0.05, 0) is 29.8 Å². The third-order valence-corrected chi connectivity index (χ3v) is 3.91. The molecule has 0 radical (unpaired) electrons. The van der Waals surface area contributed by atoms with Gasteiger partial charge in [0.05, 0.1) is 10.4 Å².